The summed E-state index contributed by atoms with van der Waals surface area (Å²) >= 11 is 1.85. The molecule has 0 atom stereocenters. The van der Waals surface area contributed by atoms with Gasteiger partial charge in [-0.15, -0.1) is 11.3 Å². The molecule has 2 nitrogen and oxygen atoms in total. The van der Waals surface area contributed by atoms with Crippen molar-refractivity contribution in [1.82, 2.24) is 0 Å². The smallest absolute Gasteiger partial charge is 0.0488 e. The third-order valence-electron chi connectivity index (χ3n) is 9.18. The Morgan fingerprint density at radius 1 is 0.306 bits per heavy atom. The van der Waals surface area contributed by atoms with Gasteiger partial charge in [0.25, 0.3) is 0 Å². The van der Waals surface area contributed by atoms with Crippen LogP contribution in [0.15, 0.2) is 194 Å². The summed E-state index contributed by atoms with van der Waals surface area (Å²) in [6, 6.07) is 69.9. The monoisotopic (exact) mass is 644 g/mol. The quantitative estimate of drug-likeness (QED) is 0.170. The van der Waals surface area contributed by atoms with Crippen molar-refractivity contribution in [1.29, 1.82) is 0 Å². The van der Waals surface area contributed by atoms with Gasteiger partial charge in [-0.25, -0.2) is 0 Å². The number of hydrogen-bond donors (Lipinski definition) is 0. The number of benzene rings is 8. The fourth-order valence-electron chi connectivity index (χ4n) is 6.97. The van der Waals surface area contributed by atoms with Crippen molar-refractivity contribution in [3.8, 4) is 11.1 Å². The summed E-state index contributed by atoms with van der Waals surface area (Å²) in [7, 11) is 0. The minimum absolute atomic E-state index is 1.08. The molecule has 0 saturated heterocycles. The summed E-state index contributed by atoms with van der Waals surface area (Å²) in [4.78, 5) is 4.76. The van der Waals surface area contributed by atoms with E-state index in [2.05, 4.69) is 204 Å². The lowest BCUT2D eigenvalue weighted by Crippen LogP contribution is -2.13. The lowest BCUT2D eigenvalue weighted by atomic mass is 9.96. The van der Waals surface area contributed by atoms with E-state index in [-0.39, 0.29) is 0 Å². The molecule has 0 N–H and O–H groups in total. The fraction of sp³-hybridized carbons (Fsp3) is 0. The number of nitrogens with zero attached hydrogens (tertiary/aromatic N) is 2. The van der Waals surface area contributed by atoms with Crippen molar-refractivity contribution >= 4 is 76.4 Å². The predicted molar refractivity (Wildman–Crippen MR) is 212 cm³/mol. The fourth-order valence-corrected chi connectivity index (χ4v) is 8.10. The van der Waals surface area contributed by atoms with Crippen LogP contribution < -0.4 is 9.80 Å². The van der Waals surface area contributed by atoms with Crippen molar-refractivity contribution in [2.24, 2.45) is 0 Å². The summed E-state index contributed by atoms with van der Waals surface area (Å²) in [5.74, 6) is 0. The molecular weight excluding hydrogens is 613 g/mol. The van der Waals surface area contributed by atoms with E-state index in [9.17, 15) is 0 Å². The second-order valence-corrected chi connectivity index (χ2v) is 13.3. The normalized spacial score (nSPS) is 11.3. The van der Waals surface area contributed by atoms with Crippen LogP contribution in [-0.2, 0) is 0 Å². The van der Waals surface area contributed by atoms with Crippen LogP contribution in [0.2, 0.25) is 0 Å². The molecular formula is C46H32N2S. The predicted octanol–water partition coefficient (Wildman–Crippen LogP) is 13.8. The Bertz CT molecular complexity index is 2510. The van der Waals surface area contributed by atoms with Crippen LogP contribution in [0.25, 0.3) is 42.1 Å². The van der Waals surface area contributed by atoms with Gasteiger partial charge < -0.3 is 9.80 Å². The molecule has 8 aromatic carbocycles. The maximum atomic E-state index is 2.40. The van der Waals surface area contributed by atoms with E-state index in [1.807, 2.05) is 11.3 Å². The zero-order chi connectivity index (χ0) is 32.6. The Morgan fingerprint density at radius 3 is 1.47 bits per heavy atom. The summed E-state index contributed by atoms with van der Waals surface area (Å²) in [5.41, 5.74) is 8.97. The lowest BCUT2D eigenvalue weighted by Gasteiger charge is -2.30. The van der Waals surface area contributed by atoms with Gasteiger partial charge in [0.15, 0.2) is 0 Å². The third kappa shape index (κ3) is 5.41. The van der Waals surface area contributed by atoms with E-state index in [1.54, 1.807) is 0 Å². The van der Waals surface area contributed by atoms with Crippen molar-refractivity contribution < 1.29 is 0 Å². The molecule has 9 aromatic rings. The molecule has 0 aliphatic heterocycles. The van der Waals surface area contributed by atoms with E-state index < -0.39 is 0 Å². The van der Waals surface area contributed by atoms with Gasteiger partial charge in [-0.1, -0.05) is 121 Å². The molecule has 0 amide bonds. The molecule has 0 aliphatic rings. The first-order valence-corrected chi connectivity index (χ1v) is 17.4. The zero-order valence-electron chi connectivity index (χ0n) is 26.8. The van der Waals surface area contributed by atoms with Crippen LogP contribution in [0.5, 0.6) is 0 Å². The van der Waals surface area contributed by atoms with Crippen LogP contribution in [0.3, 0.4) is 0 Å². The van der Waals surface area contributed by atoms with E-state index in [1.165, 1.54) is 36.5 Å². The Hall–Kier alpha value is -6.16. The molecule has 232 valence electrons. The molecule has 1 heterocycles. The summed E-state index contributed by atoms with van der Waals surface area (Å²) < 4.78 is 2.59. The Labute approximate surface area is 290 Å². The number of thiophene rings is 1. The van der Waals surface area contributed by atoms with Crippen LogP contribution in [-0.4, -0.2) is 0 Å². The highest BCUT2D eigenvalue weighted by Crippen LogP contribution is 2.45. The first-order valence-electron chi connectivity index (χ1n) is 16.6. The molecule has 0 saturated carbocycles. The van der Waals surface area contributed by atoms with E-state index in [0.29, 0.717) is 0 Å². The van der Waals surface area contributed by atoms with Gasteiger partial charge in [0.2, 0.25) is 0 Å². The van der Waals surface area contributed by atoms with Crippen LogP contribution in [0, 0.1) is 0 Å². The molecule has 49 heavy (non-hydrogen) atoms. The van der Waals surface area contributed by atoms with E-state index in [0.717, 1.165) is 39.7 Å². The average Bonchev–Trinajstić information content (AvgIpc) is 3.54. The van der Waals surface area contributed by atoms with Crippen LogP contribution >= 0.6 is 11.3 Å². The highest BCUT2D eigenvalue weighted by molar-refractivity contribution is 7.25. The molecule has 0 aliphatic carbocycles. The SMILES string of the molecule is c1ccc(N(c2ccccc2)c2cc(-c3cccc4ccccc34)cc(N(c3ccccc3)c3ccc4c(c3)sc3ccccc34)c2)cc1. The van der Waals surface area contributed by atoms with Crippen LogP contribution in [0.4, 0.5) is 34.1 Å². The Balaban J connectivity index is 1.32. The molecule has 0 spiro atoms. The largest absolute Gasteiger partial charge is 0.310 e. The second kappa shape index (κ2) is 12.5. The molecule has 0 bridgehead atoms. The number of anilines is 6. The minimum Gasteiger partial charge on any atom is -0.310 e. The van der Waals surface area contributed by atoms with Crippen molar-refractivity contribution in [2.75, 3.05) is 9.80 Å². The standard InChI is InChI=1S/C46H32N2S/c1-4-17-35(18-5-1)47(36-19-6-2-7-20-36)39-29-34(42-25-14-16-33-15-10-11-23-41(33)42)30-40(31-39)48(37-21-8-3-9-22-37)38-27-28-44-43-24-12-13-26-45(43)49-46(44)32-38/h1-32H. The number of hydrogen-bond acceptors (Lipinski definition) is 3. The number of fused-ring (bicyclic) bond motifs is 4. The van der Waals surface area contributed by atoms with Crippen molar-refractivity contribution in [3.05, 3.63) is 194 Å². The topological polar surface area (TPSA) is 6.48 Å². The minimum atomic E-state index is 1.08. The molecule has 0 unspecified atom stereocenters. The zero-order valence-corrected chi connectivity index (χ0v) is 27.6. The number of para-hydroxylation sites is 3. The lowest BCUT2D eigenvalue weighted by molar-refractivity contribution is 1.25. The van der Waals surface area contributed by atoms with Crippen LogP contribution in [0.1, 0.15) is 0 Å². The summed E-state index contributed by atoms with van der Waals surface area (Å²) in [6.07, 6.45) is 0. The Morgan fingerprint density at radius 2 is 0.816 bits per heavy atom. The highest BCUT2D eigenvalue weighted by atomic mass is 32.1. The maximum Gasteiger partial charge on any atom is 0.0488 e. The van der Waals surface area contributed by atoms with E-state index >= 15 is 0 Å². The van der Waals surface area contributed by atoms with Gasteiger partial charge in [-0.3, -0.25) is 0 Å². The van der Waals surface area contributed by atoms with Gasteiger partial charge in [0.1, 0.15) is 0 Å². The Kier molecular flexibility index (Phi) is 7.38. The highest BCUT2D eigenvalue weighted by Gasteiger charge is 2.20. The van der Waals surface area contributed by atoms with Crippen molar-refractivity contribution in [2.45, 2.75) is 0 Å². The maximum absolute atomic E-state index is 2.40. The van der Waals surface area contributed by atoms with E-state index in [4.69, 9.17) is 0 Å². The van der Waals surface area contributed by atoms with Gasteiger partial charge in [-0.2, -0.15) is 0 Å². The van der Waals surface area contributed by atoms with Gasteiger partial charge in [0.05, 0.1) is 0 Å². The molecule has 3 heteroatoms. The van der Waals surface area contributed by atoms with Gasteiger partial charge in [-0.05, 0) is 94.7 Å². The average molecular weight is 645 g/mol. The van der Waals surface area contributed by atoms with Crippen molar-refractivity contribution in [3.63, 3.8) is 0 Å². The molecule has 1 aromatic heterocycles. The first kappa shape index (κ1) is 29.0. The second-order valence-electron chi connectivity index (χ2n) is 12.2. The number of rotatable bonds is 7. The summed E-state index contributed by atoms with van der Waals surface area (Å²) in [6.45, 7) is 0. The molecule has 0 radical (unpaired) electrons. The summed E-state index contributed by atoms with van der Waals surface area (Å²) in [5, 5.41) is 5.06. The molecule has 0 fully saturated rings. The molecule has 9 rings (SSSR count). The third-order valence-corrected chi connectivity index (χ3v) is 10.3. The van der Waals surface area contributed by atoms with Gasteiger partial charge in [0, 0.05) is 54.3 Å². The van der Waals surface area contributed by atoms with Gasteiger partial charge >= 0.3 is 0 Å². The first-order chi connectivity index (χ1) is 24.3.